The van der Waals surface area contributed by atoms with E-state index in [-0.39, 0.29) is 11.9 Å². The van der Waals surface area contributed by atoms with Gasteiger partial charge in [-0.25, -0.2) is 0 Å². The van der Waals surface area contributed by atoms with Gasteiger partial charge in [0.05, 0.1) is 24.7 Å². The number of nitrogens with one attached hydrogen (secondary N) is 1. The zero-order valence-electron chi connectivity index (χ0n) is 12.6. The van der Waals surface area contributed by atoms with E-state index in [1.54, 1.807) is 11.3 Å². The summed E-state index contributed by atoms with van der Waals surface area (Å²) in [4.78, 5) is 15.9. The van der Waals surface area contributed by atoms with Crippen LogP contribution in [0.3, 0.4) is 0 Å². The maximum atomic E-state index is 12.2. The normalized spacial score (nSPS) is 18.4. The van der Waals surface area contributed by atoms with E-state index >= 15 is 0 Å². The first kappa shape index (κ1) is 16.7. The molecule has 0 radical (unpaired) electrons. The minimum atomic E-state index is -0.535. The number of morpholine rings is 1. The third kappa shape index (κ3) is 4.42. The fourth-order valence-electron chi connectivity index (χ4n) is 2.27. The zero-order valence-corrected chi connectivity index (χ0v) is 14.2. The van der Waals surface area contributed by atoms with Crippen LogP contribution in [0.2, 0.25) is 0 Å². The summed E-state index contributed by atoms with van der Waals surface area (Å²) in [5.41, 5.74) is -0.535. The highest BCUT2D eigenvalue weighted by atomic mass is 35.5. The monoisotopic (exact) mass is 330 g/mol. The molecular formula is C15H23ClN2O2S. The second kappa shape index (κ2) is 7.58. The Labute approximate surface area is 135 Å². The summed E-state index contributed by atoms with van der Waals surface area (Å²) < 4.78 is 5.42. The zero-order chi connectivity index (χ0) is 15.3. The second-order valence-electron chi connectivity index (χ2n) is 5.91. The molecule has 2 heterocycles. The predicted octanol–water partition coefficient (Wildman–Crippen LogP) is 2.50. The number of nitrogens with zero attached hydrogens (tertiary/aromatic N) is 1. The summed E-state index contributed by atoms with van der Waals surface area (Å²) in [6, 6.07) is 4.39. The summed E-state index contributed by atoms with van der Waals surface area (Å²) in [6.07, 6.45) is 0. The fourth-order valence-corrected chi connectivity index (χ4v) is 3.25. The van der Waals surface area contributed by atoms with Crippen molar-refractivity contribution in [2.75, 3.05) is 38.7 Å². The van der Waals surface area contributed by atoms with Gasteiger partial charge in [0.25, 0.3) is 0 Å². The SMILES string of the molecule is CC(C)(CCl)C(=O)NCC(c1cccs1)N1CCOCC1. The van der Waals surface area contributed by atoms with Crippen LogP contribution in [0.5, 0.6) is 0 Å². The van der Waals surface area contributed by atoms with Crippen LogP contribution in [0.1, 0.15) is 24.8 Å². The smallest absolute Gasteiger partial charge is 0.226 e. The molecule has 1 aliphatic heterocycles. The number of alkyl halides is 1. The summed E-state index contributed by atoms with van der Waals surface area (Å²) >= 11 is 7.60. The number of ether oxygens (including phenoxy) is 1. The highest BCUT2D eigenvalue weighted by Crippen LogP contribution is 2.26. The maximum Gasteiger partial charge on any atom is 0.226 e. The van der Waals surface area contributed by atoms with Crippen LogP contribution in [0.25, 0.3) is 0 Å². The maximum absolute atomic E-state index is 12.2. The van der Waals surface area contributed by atoms with Gasteiger partial charge in [-0.2, -0.15) is 0 Å². The Morgan fingerprint density at radius 3 is 2.81 bits per heavy atom. The molecule has 6 heteroatoms. The number of hydrogen-bond donors (Lipinski definition) is 1. The van der Waals surface area contributed by atoms with Crippen LogP contribution in [0.4, 0.5) is 0 Å². The van der Waals surface area contributed by atoms with Gasteiger partial charge in [-0.3, -0.25) is 9.69 Å². The molecule has 1 amide bonds. The molecule has 0 aromatic carbocycles. The van der Waals surface area contributed by atoms with Crippen molar-refractivity contribution in [1.29, 1.82) is 0 Å². The quantitative estimate of drug-likeness (QED) is 0.815. The van der Waals surface area contributed by atoms with Crippen LogP contribution in [-0.4, -0.2) is 49.5 Å². The van der Waals surface area contributed by atoms with E-state index in [9.17, 15) is 4.79 Å². The summed E-state index contributed by atoms with van der Waals surface area (Å²) in [5, 5.41) is 5.14. The van der Waals surface area contributed by atoms with Crippen LogP contribution in [0, 0.1) is 5.41 Å². The molecule has 1 fully saturated rings. The van der Waals surface area contributed by atoms with Gasteiger partial charge in [0.1, 0.15) is 0 Å². The second-order valence-corrected chi connectivity index (χ2v) is 7.15. The Balaban J connectivity index is 2.01. The first-order valence-electron chi connectivity index (χ1n) is 7.24. The Morgan fingerprint density at radius 1 is 1.52 bits per heavy atom. The van der Waals surface area contributed by atoms with E-state index < -0.39 is 5.41 Å². The molecule has 1 aliphatic rings. The van der Waals surface area contributed by atoms with Crippen LogP contribution in [0.15, 0.2) is 17.5 Å². The first-order valence-corrected chi connectivity index (χ1v) is 8.65. The van der Waals surface area contributed by atoms with Crippen molar-refractivity contribution in [3.8, 4) is 0 Å². The standard InChI is InChI=1S/C15H23ClN2O2S/c1-15(2,11-16)14(19)17-10-12(13-4-3-9-21-13)18-5-7-20-8-6-18/h3-4,9,12H,5-8,10-11H2,1-2H3,(H,17,19). The average Bonchev–Trinajstić information content (AvgIpc) is 3.02. The topological polar surface area (TPSA) is 41.6 Å². The summed E-state index contributed by atoms with van der Waals surface area (Å²) in [7, 11) is 0. The van der Waals surface area contributed by atoms with Crippen LogP contribution >= 0.6 is 22.9 Å². The molecule has 2 rings (SSSR count). The number of hydrogen-bond acceptors (Lipinski definition) is 4. The Bertz CT molecular complexity index is 445. The lowest BCUT2D eigenvalue weighted by Gasteiger charge is -2.34. The minimum absolute atomic E-state index is 0.00677. The fraction of sp³-hybridized carbons (Fsp3) is 0.667. The lowest BCUT2D eigenvalue weighted by Crippen LogP contribution is -2.46. The molecule has 1 atom stereocenters. The third-order valence-corrected chi connectivity index (χ3v) is 5.40. The van der Waals surface area contributed by atoms with Gasteiger partial charge in [-0.1, -0.05) is 6.07 Å². The molecule has 1 aromatic heterocycles. The molecule has 0 aliphatic carbocycles. The third-order valence-electron chi connectivity index (χ3n) is 3.76. The largest absolute Gasteiger partial charge is 0.379 e. The van der Waals surface area contributed by atoms with Gasteiger partial charge in [0, 0.05) is 30.4 Å². The molecule has 1 N–H and O–H groups in total. The highest BCUT2D eigenvalue weighted by molar-refractivity contribution is 7.10. The summed E-state index contributed by atoms with van der Waals surface area (Å²) in [5.74, 6) is 0.326. The Hall–Kier alpha value is -0.620. The lowest BCUT2D eigenvalue weighted by atomic mass is 9.95. The van der Waals surface area contributed by atoms with Crippen LogP contribution < -0.4 is 5.32 Å². The van der Waals surface area contributed by atoms with Crippen molar-refractivity contribution in [2.45, 2.75) is 19.9 Å². The number of carbonyl (C=O) groups excluding carboxylic acids is 1. The van der Waals surface area contributed by atoms with Gasteiger partial charge in [-0.15, -0.1) is 22.9 Å². The molecule has 4 nitrogen and oxygen atoms in total. The molecule has 1 saturated heterocycles. The van der Waals surface area contributed by atoms with Gasteiger partial charge >= 0.3 is 0 Å². The van der Waals surface area contributed by atoms with Crippen molar-refractivity contribution in [2.24, 2.45) is 5.41 Å². The molecule has 1 unspecified atom stereocenters. The Morgan fingerprint density at radius 2 is 2.24 bits per heavy atom. The van der Waals surface area contributed by atoms with E-state index in [1.807, 2.05) is 13.8 Å². The van der Waals surface area contributed by atoms with Crippen molar-refractivity contribution >= 4 is 28.8 Å². The average molecular weight is 331 g/mol. The molecule has 21 heavy (non-hydrogen) atoms. The molecule has 118 valence electrons. The number of thiophene rings is 1. The van der Waals surface area contributed by atoms with Crippen molar-refractivity contribution in [3.05, 3.63) is 22.4 Å². The van der Waals surface area contributed by atoms with Crippen molar-refractivity contribution in [3.63, 3.8) is 0 Å². The summed E-state index contributed by atoms with van der Waals surface area (Å²) in [6.45, 7) is 7.65. The van der Waals surface area contributed by atoms with Crippen molar-refractivity contribution < 1.29 is 9.53 Å². The van der Waals surface area contributed by atoms with Gasteiger partial charge in [-0.05, 0) is 25.3 Å². The van der Waals surface area contributed by atoms with E-state index in [0.717, 1.165) is 26.3 Å². The molecule has 0 saturated carbocycles. The molecule has 0 spiro atoms. The van der Waals surface area contributed by atoms with Crippen molar-refractivity contribution in [1.82, 2.24) is 10.2 Å². The first-order chi connectivity index (χ1) is 10.0. The van der Waals surface area contributed by atoms with Gasteiger partial charge < -0.3 is 10.1 Å². The number of carbonyl (C=O) groups is 1. The molecular weight excluding hydrogens is 308 g/mol. The number of halogens is 1. The van der Waals surface area contributed by atoms with Gasteiger partial charge in [0.15, 0.2) is 0 Å². The van der Waals surface area contributed by atoms with E-state index in [4.69, 9.17) is 16.3 Å². The highest BCUT2D eigenvalue weighted by Gasteiger charge is 2.29. The van der Waals surface area contributed by atoms with Crippen LogP contribution in [-0.2, 0) is 9.53 Å². The van der Waals surface area contributed by atoms with E-state index in [2.05, 4.69) is 27.7 Å². The molecule has 1 aromatic rings. The predicted molar refractivity (Wildman–Crippen MR) is 87.0 cm³/mol. The Kier molecular flexibility index (Phi) is 6.05. The number of rotatable bonds is 6. The number of amides is 1. The molecule has 0 bridgehead atoms. The van der Waals surface area contributed by atoms with E-state index in [0.29, 0.717) is 12.4 Å². The van der Waals surface area contributed by atoms with E-state index in [1.165, 1.54) is 4.88 Å². The van der Waals surface area contributed by atoms with Gasteiger partial charge in [0.2, 0.25) is 5.91 Å². The lowest BCUT2D eigenvalue weighted by molar-refractivity contribution is -0.128. The minimum Gasteiger partial charge on any atom is -0.379 e.